The molecule has 0 aliphatic carbocycles. The molecule has 0 aromatic rings. The summed E-state index contributed by atoms with van der Waals surface area (Å²) in [4.78, 5) is 0. The third kappa shape index (κ3) is 2.13. The van der Waals surface area contributed by atoms with Crippen molar-refractivity contribution in [3.8, 4) is 0 Å². The lowest BCUT2D eigenvalue weighted by molar-refractivity contribution is -0.497. The summed E-state index contributed by atoms with van der Waals surface area (Å²) in [5.41, 5.74) is 0. The third-order valence-corrected chi connectivity index (χ3v) is 2.14. The Morgan fingerprint density at radius 2 is 1.19 bits per heavy atom. The first-order chi connectivity index (χ1) is 6.99. The minimum atomic E-state index is -5.66. The number of ether oxygens (including phenoxy) is 2. The van der Waals surface area contributed by atoms with Crippen LogP contribution in [0.25, 0.3) is 0 Å². The minimum Gasteiger partial charge on any atom is -0.332 e. The highest BCUT2D eigenvalue weighted by atomic mass is 19.4. The summed E-state index contributed by atoms with van der Waals surface area (Å²) < 4.78 is 82.8. The molecule has 1 fully saturated rings. The van der Waals surface area contributed by atoms with Gasteiger partial charge in [-0.05, 0) is 20.3 Å². The first-order valence-corrected chi connectivity index (χ1v) is 4.48. The van der Waals surface area contributed by atoms with E-state index in [2.05, 4.69) is 9.47 Å². The maximum Gasteiger partial charge on any atom is 0.453 e. The monoisotopic (exact) mass is 252 g/mol. The van der Waals surface area contributed by atoms with Crippen LogP contribution in [0, 0.1) is 0 Å². The molecule has 1 aliphatic rings. The van der Waals surface area contributed by atoms with Crippen LogP contribution < -0.4 is 0 Å². The highest BCUT2D eigenvalue weighted by Gasteiger charge is 2.76. The lowest BCUT2D eigenvalue weighted by atomic mass is 10.1. The van der Waals surface area contributed by atoms with Gasteiger partial charge < -0.3 is 9.47 Å². The molecular weight excluding hydrogens is 242 g/mol. The van der Waals surface area contributed by atoms with Crippen LogP contribution in [0.3, 0.4) is 0 Å². The molecule has 0 radical (unpaired) electrons. The van der Waals surface area contributed by atoms with Crippen molar-refractivity contribution in [1.29, 1.82) is 0 Å². The van der Waals surface area contributed by atoms with Gasteiger partial charge in [0.05, 0.1) is 12.2 Å². The van der Waals surface area contributed by atoms with E-state index in [4.69, 9.17) is 0 Å². The molecular formula is C8H10F6O2. The average molecular weight is 252 g/mol. The molecule has 2 nitrogen and oxygen atoms in total. The maximum absolute atomic E-state index is 12.5. The van der Waals surface area contributed by atoms with Gasteiger partial charge in [0.1, 0.15) is 0 Å². The predicted molar refractivity (Wildman–Crippen MR) is 40.6 cm³/mol. The fourth-order valence-corrected chi connectivity index (χ4v) is 1.59. The first-order valence-electron chi connectivity index (χ1n) is 4.48. The highest BCUT2D eigenvalue weighted by Crippen LogP contribution is 2.50. The molecule has 0 N–H and O–H groups in total. The summed E-state index contributed by atoms with van der Waals surface area (Å²) >= 11 is 0. The predicted octanol–water partition coefficient (Wildman–Crippen LogP) is 3.02. The van der Waals surface area contributed by atoms with E-state index in [-0.39, 0.29) is 6.42 Å². The Kier molecular flexibility index (Phi) is 3.19. The fourth-order valence-electron chi connectivity index (χ4n) is 1.59. The molecule has 8 heteroatoms. The van der Waals surface area contributed by atoms with Gasteiger partial charge in [0, 0.05) is 0 Å². The van der Waals surface area contributed by atoms with E-state index in [0.717, 1.165) is 13.8 Å². The summed E-state index contributed by atoms with van der Waals surface area (Å²) in [6, 6.07) is 0. The van der Waals surface area contributed by atoms with Crippen molar-refractivity contribution in [2.45, 2.75) is 50.6 Å². The van der Waals surface area contributed by atoms with Gasteiger partial charge in [-0.2, -0.15) is 26.3 Å². The molecule has 0 saturated carbocycles. The molecule has 1 aliphatic heterocycles. The third-order valence-electron chi connectivity index (χ3n) is 2.14. The molecule has 1 saturated heterocycles. The Bertz CT molecular complexity index is 232. The molecule has 2 atom stereocenters. The molecule has 0 aromatic heterocycles. The van der Waals surface area contributed by atoms with Crippen LogP contribution in [0.4, 0.5) is 26.3 Å². The Balaban J connectivity index is 3.15. The van der Waals surface area contributed by atoms with E-state index in [1.807, 2.05) is 0 Å². The number of halogens is 6. The molecule has 0 amide bonds. The standard InChI is InChI=1S/C8H10F6O2/c1-4-3-5(2)16-6(15-4,7(9,10)11)8(12,13)14/h4-5H,3H2,1-2H3. The van der Waals surface area contributed by atoms with E-state index in [1.165, 1.54) is 0 Å². The van der Waals surface area contributed by atoms with Crippen molar-refractivity contribution in [1.82, 2.24) is 0 Å². The Labute approximate surface area is 87.5 Å². The van der Waals surface area contributed by atoms with Crippen molar-refractivity contribution in [3.05, 3.63) is 0 Å². The highest BCUT2D eigenvalue weighted by molar-refractivity contribution is 4.91. The van der Waals surface area contributed by atoms with Gasteiger partial charge >= 0.3 is 18.1 Å². The van der Waals surface area contributed by atoms with Gasteiger partial charge in [0.2, 0.25) is 0 Å². The first kappa shape index (κ1) is 13.6. The second-order valence-electron chi connectivity index (χ2n) is 3.70. The average Bonchev–Trinajstić information content (AvgIpc) is 1.97. The van der Waals surface area contributed by atoms with Crippen molar-refractivity contribution in [3.63, 3.8) is 0 Å². The fraction of sp³-hybridized carbons (Fsp3) is 1.00. The van der Waals surface area contributed by atoms with E-state index < -0.39 is 30.3 Å². The quantitative estimate of drug-likeness (QED) is 0.617. The zero-order chi connectivity index (χ0) is 12.8. The summed E-state index contributed by atoms with van der Waals surface area (Å²) in [6.07, 6.45) is -13.7. The Morgan fingerprint density at radius 1 is 0.875 bits per heavy atom. The van der Waals surface area contributed by atoms with Gasteiger partial charge in [-0.25, -0.2) is 0 Å². The Hall–Kier alpha value is -0.500. The summed E-state index contributed by atoms with van der Waals surface area (Å²) in [5.74, 6) is -4.50. The largest absolute Gasteiger partial charge is 0.453 e. The van der Waals surface area contributed by atoms with Gasteiger partial charge in [-0.1, -0.05) is 0 Å². The second kappa shape index (κ2) is 3.76. The van der Waals surface area contributed by atoms with E-state index in [1.54, 1.807) is 0 Å². The number of hydrogen-bond acceptors (Lipinski definition) is 2. The van der Waals surface area contributed by atoms with Crippen LogP contribution in [0.5, 0.6) is 0 Å². The zero-order valence-electron chi connectivity index (χ0n) is 8.45. The molecule has 0 bridgehead atoms. The van der Waals surface area contributed by atoms with Gasteiger partial charge in [-0.3, -0.25) is 0 Å². The van der Waals surface area contributed by atoms with Crippen LogP contribution >= 0.6 is 0 Å². The SMILES string of the molecule is CC1CC(C)OC(C(F)(F)F)(C(F)(F)F)O1. The number of rotatable bonds is 0. The molecule has 16 heavy (non-hydrogen) atoms. The second-order valence-corrected chi connectivity index (χ2v) is 3.70. The number of hydrogen-bond donors (Lipinski definition) is 0. The molecule has 0 aromatic carbocycles. The van der Waals surface area contributed by atoms with E-state index in [9.17, 15) is 26.3 Å². The van der Waals surface area contributed by atoms with E-state index in [0.29, 0.717) is 0 Å². The van der Waals surface area contributed by atoms with Gasteiger partial charge in [0.15, 0.2) is 0 Å². The summed E-state index contributed by atoms with van der Waals surface area (Å²) in [5, 5.41) is 0. The lowest BCUT2D eigenvalue weighted by Crippen LogP contribution is -2.65. The van der Waals surface area contributed by atoms with Gasteiger partial charge in [0.25, 0.3) is 0 Å². The van der Waals surface area contributed by atoms with Crippen LogP contribution in [-0.4, -0.2) is 30.3 Å². The van der Waals surface area contributed by atoms with Crippen LogP contribution in [0.2, 0.25) is 0 Å². The van der Waals surface area contributed by atoms with Crippen molar-refractivity contribution >= 4 is 0 Å². The molecule has 96 valence electrons. The normalized spacial score (nSPS) is 31.5. The molecule has 2 unspecified atom stereocenters. The van der Waals surface area contributed by atoms with Crippen molar-refractivity contribution in [2.75, 3.05) is 0 Å². The van der Waals surface area contributed by atoms with E-state index >= 15 is 0 Å². The Morgan fingerprint density at radius 3 is 1.44 bits per heavy atom. The zero-order valence-corrected chi connectivity index (χ0v) is 8.45. The molecule has 0 spiro atoms. The van der Waals surface area contributed by atoms with Crippen LogP contribution in [0.15, 0.2) is 0 Å². The molecule has 1 rings (SSSR count). The topological polar surface area (TPSA) is 18.5 Å². The smallest absolute Gasteiger partial charge is 0.332 e. The van der Waals surface area contributed by atoms with Crippen LogP contribution in [-0.2, 0) is 9.47 Å². The summed E-state index contributed by atoms with van der Waals surface area (Å²) in [6.45, 7) is 2.29. The van der Waals surface area contributed by atoms with Gasteiger partial charge in [-0.15, -0.1) is 0 Å². The lowest BCUT2D eigenvalue weighted by Gasteiger charge is -2.43. The minimum absolute atomic E-state index is 0.0199. The van der Waals surface area contributed by atoms with Crippen molar-refractivity contribution < 1.29 is 35.8 Å². The maximum atomic E-state index is 12.5. The molecule has 1 heterocycles. The van der Waals surface area contributed by atoms with Crippen molar-refractivity contribution in [2.24, 2.45) is 0 Å². The van der Waals surface area contributed by atoms with Crippen LogP contribution in [0.1, 0.15) is 20.3 Å². The summed E-state index contributed by atoms with van der Waals surface area (Å²) in [7, 11) is 0. The number of alkyl halides is 6.